The summed E-state index contributed by atoms with van der Waals surface area (Å²) in [6, 6.07) is 10.6. The van der Waals surface area contributed by atoms with Crippen LogP contribution in [0.4, 0.5) is 0 Å². The standard InChI is InChI=1S/C15H15BrN4O2S/c16-14-6-5-13(23-14)10-7-11(19-18-10)15(22)20-17-8-9-3-1-2-4-12(9)21/h1-6,8,10-11,18-19,21H,7H2,(H,20,22)/b17-8+. The van der Waals surface area contributed by atoms with E-state index in [0.29, 0.717) is 12.0 Å². The molecular weight excluding hydrogens is 380 g/mol. The Kier molecular flexibility index (Phi) is 5.06. The highest BCUT2D eigenvalue weighted by Crippen LogP contribution is 2.31. The number of carbonyl (C=O) groups excluding carboxylic acids is 1. The Bertz CT molecular complexity index is 734. The summed E-state index contributed by atoms with van der Waals surface area (Å²) in [6.45, 7) is 0. The average molecular weight is 395 g/mol. The van der Waals surface area contributed by atoms with Crippen molar-refractivity contribution in [3.05, 3.63) is 50.6 Å². The van der Waals surface area contributed by atoms with Crippen molar-refractivity contribution >= 4 is 39.4 Å². The number of halogens is 1. The van der Waals surface area contributed by atoms with Crippen LogP contribution < -0.4 is 16.3 Å². The van der Waals surface area contributed by atoms with E-state index in [1.807, 2.05) is 12.1 Å². The van der Waals surface area contributed by atoms with E-state index in [2.05, 4.69) is 37.3 Å². The van der Waals surface area contributed by atoms with Gasteiger partial charge in [-0.15, -0.1) is 11.3 Å². The van der Waals surface area contributed by atoms with Gasteiger partial charge < -0.3 is 5.11 Å². The molecule has 1 aromatic heterocycles. The molecule has 1 aliphatic rings. The number of phenols is 1. The lowest BCUT2D eigenvalue weighted by atomic mass is 10.1. The third kappa shape index (κ3) is 3.97. The smallest absolute Gasteiger partial charge is 0.258 e. The van der Waals surface area contributed by atoms with Crippen LogP contribution in [0.2, 0.25) is 0 Å². The van der Waals surface area contributed by atoms with E-state index < -0.39 is 0 Å². The number of para-hydroxylation sites is 1. The first kappa shape index (κ1) is 16.1. The van der Waals surface area contributed by atoms with Crippen LogP contribution in [0.1, 0.15) is 22.9 Å². The van der Waals surface area contributed by atoms with Crippen LogP contribution in [0.5, 0.6) is 5.75 Å². The zero-order valence-corrected chi connectivity index (χ0v) is 14.4. The van der Waals surface area contributed by atoms with Crippen LogP contribution in [-0.4, -0.2) is 23.3 Å². The maximum atomic E-state index is 12.1. The number of nitrogens with one attached hydrogen (secondary N) is 3. The molecule has 3 rings (SSSR count). The molecule has 0 bridgehead atoms. The molecule has 1 aromatic carbocycles. The van der Waals surface area contributed by atoms with Gasteiger partial charge in [0.05, 0.1) is 16.0 Å². The van der Waals surface area contributed by atoms with Crippen molar-refractivity contribution in [1.82, 2.24) is 16.3 Å². The molecule has 0 saturated carbocycles. The van der Waals surface area contributed by atoms with Crippen LogP contribution >= 0.6 is 27.3 Å². The molecule has 1 amide bonds. The number of hydrazone groups is 1. The average Bonchev–Trinajstić information content (AvgIpc) is 3.18. The van der Waals surface area contributed by atoms with Crippen LogP contribution in [0, 0.1) is 0 Å². The number of amides is 1. The first-order valence-corrected chi connectivity index (χ1v) is 8.61. The summed E-state index contributed by atoms with van der Waals surface area (Å²) in [7, 11) is 0. The first-order valence-electron chi connectivity index (χ1n) is 7.00. The van der Waals surface area contributed by atoms with E-state index >= 15 is 0 Å². The molecular formula is C15H15BrN4O2S. The zero-order valence-electron chi connectivity index (χ0n) is 12.0. The Labute approximate surface area is 145 Å². The Morgan fingerprint density at radius 1 is 1.35 bits per heavy atom. The molecule has 23 heavy (non-hydrogen) atoms. The summed E-state index contributed by atoms with van der Waals surface area (Å²) in [6.07, 6.45) is 2.06. The monoisotopic (exact) mass is 394 g/mol. The molecule has 120 valence electrons. The molecule has 1 saturated heterocycles. The minimum atomic E-state index is -0.359. The fraction of sp³-hybridized carbons (Fsp3) is 0.200. The lowest BCUT2D eigenvalue weighted by Gasteiger charge is -2.06. The van der Waals surface area contributed by atoms with Gasteiger partial charge in [0.15, 0.2) is 0 Å². The number of carbonyl (C=O) groups is 1. The van der Waals surface area contributed by atoms with Crippen LogP contribution in [0.3, 0.4) is 0 Å². The van der Waals surface area contributed by atoms with Crippen molar-refractivity contribution in [3.63, 3.8) is 0 Å². The van der Waals surface area contributed by atoms with Gasteiger partial charge in [0.1, 0.15) is 11.8 Å². The Balaban J connectivity index is 1.54. The SMILES string of the molecule is O=C(N/N=C/c1ccccc1O)C1CC(c2ccc(Br)s2)NN1. The number of hydrogen-bond acceptors (Lipinski definition) is 6. The lowest BCUT2D eigenvalue weighted by molar-refractivity contribution is -0.122. The Morgan fingerprint density at radius 3 is 2.91 bits per heavy atom. The van der Waals surface area contributed by atoms with Gasteiger partial charge in [-0.3, -0.25) is 4.79 Å². The van der Waals surface area contributed by atoms with Crippen molar-refractivity contribution in [2.45, 2.75) is 18.5 Å². The van der Waals surface area contributed by atoms with Crippen molar-refractivity contribution in [3.8, 4) is 5.75 Å². The van der Waals surface area contributed by atoms with Gasteiger partial charge in [-0.25, -0.2) is 16.3 Å². The summed E-state index contributed by atoms with van der Waals surface area (Å²) in [5.74, 6) is -0.100. The number of hydrazine groups is 1. The van der Waals surface area contributed by atoms with Crippen molar-refractivity contribution < 1.29 is 9.90 Å². The minimum Gasteiger partial charge on any atom is -0.507 e. The van der Waals surface area contributed by atoms with Gasteiger partial charge in [0.25, 0.3) is 5.91 Å². The van der Waals surface area contributed by atoms with E-state index in [0.717, 1.165) is 8.66 Å². The highest BCUT2D eigenvalue weighted by Gasteiger charge is 2.30. The number of thiophene rings is 1. The minimum absolute atomic E-state index is 0.101. The number of rotatable bonds is 4. The predicted octanol–water partition coefficient (Wildman–Crippen LogP) is 2.27. The first-order chi connectivity index (χ1) is 11.1. The normalized spacial score (nSPS) is 20.9. The van der Waals surface area contributed by atoms with Crippen molar-refractivity contribution in [2.24, 2.45) is 5.10 Å². The second-order valence-corrected chi connectivity index (χ2v) is 7.56. The second-order valence-electron chi connectivity index (χ2n) is 5.06. The van der Waals surface area contributed by atoms with E-state index in [4.69, 9.17) is 0 Å². The topological polar surface area (TPSA) is 85.8 Å². The lowest BCUT2D eigenvalue weighted by Crippen LogP contribution is -2.41. The maximum Gasteiger partial charge on any atom is 0.258 e. The summed E-state index contributed by atoms with van der Waals surface area (Å²) >= 11 is 5.08. The summed E-state index contributed by atoms with van der Waals surface area (Å²) in [4.78, 5) is 13.3. The molecule has 6 nitrogen and oxygen atoms in total. The molecule has 0 aliphatic carbocycles. The molecule has 1 fully saturated rings. The van der Waals surface area contributed by atoms with Crippen molar-refractivity contribution in [2.75, 3.05) is 0 Å². The molecule has 0 radical (unpaired) electrons. The predicted molar refractivity (Wildman–Crippen MR) is 93.3 cm³/mol. The van der Waals surface area contributed by atoms with E-state index in [1.54, 1.807) is 35.6 Å². The van der Waals surface area contributed by atoms with Gasteiger partial charge in [-0.05, 0) is 46.6 Å². The van der Waals surface area contributed by atoms with Gasteiger partial charge in [0.2, 0.25) is 0 Å². The van der Waals surface area contributed by atoms with Crippen LogP contribution in [-0.2, 0) is 4.79 Å². The molecule has 2 unspecified atom stereocenters. The molecule has 8 heteroatoms. The molecule has 2 atom stereocenters. The molecule has 4 N–H and O–H groups in total. The third-order valence-electron chi connectivity index (χ3n) is 3.47. The number of phenolic OH excluding ortho intramolecular Hbond substituents is 1. The maximum absolute atomic E-state index is 12.1. The second kappa shape index (κ2) is 7.22. The van der Waals surface area contributed by atoms with Gasteiger partial charge >= 0.3 is 0 Å². The van der Waals surface area contributed by atoms with Crippen LogP contribution in [0.15, 0.2) is 45.3 Å². The molecule has 2 heterocycles. The quantitative estimate of drug-likeness (QED) is 0.473. The fourth-order valence-electron chi connectivity index (χ4n) is 2.27. The number of nitrogens with zero attached hydrogens (tertiary/aromatic N) is 1. The summed E-state index contributed by atoms with van der Waals surface area (Å²) < 4.78 is 1.06. The highest BCUT2D eigenvalue weighted by molar-refractivity contribution is 9.11. The zero-order chi connectivity index (χ0) is 16.2. The Hall–Kier alpha value is -1.74. The summed E-state index contributed by atoms with van der Waals surface area (Å²) in [5, 5.41) is 13.5. The molecule has 0 spiro atoms. The molecule has 2 aromatic rings. The van der Waals surface area contributed by atoms with Gasteiger partial charge in [0, 0.05) is 10.4 Å². The van der Waals surface area contributed by atoms with E-state index in [-0.39, 0.29) is 23.7 Å². The molecule has 1 aliphatic heterocycles. The number of aromatic hydroxyl groups is 1. The summed E-state index contributed by atoms with van der Waals surface area (Å²) in [5.41, 5.74) is 9.14. The fourth-order valence-corrected chi connectivity index (χ4v) is 3.76. The van der Waals surface area contributed by atoms with E-state index in [9.17, 15) is 9.90 Å². The highest BCUT2D eigenvalue weighted by atomic mass is 79.9. The largest absolute Gasteiger partial charge is 0.507 e. The Morgan fingerprint density at radius 2 is 2.17 bits per heavy atom. The van der Waals surface area contributed by atoms with Gasteiger partial charge in [-0.1, -0.05) is 12.1 Å². The van der Waals surface area contributed by atoms with E-state index in [1.165, 1.54) is 6.21 Å². The number of hydrogen-bond donors (Lipinski definition) is 4. The van der Waals surface area contributed by atoms with Crippen molar-refractivity contribution in [1.29, 1.82) is 0 Å². The third-order valence-corrected chi connectivity index (χ3v) is 5.21. The number of benzene rings is 1. The van der Waals surface area contributed by atoms with Crippen LogP contribution in [0.25, 0.3) is 0 Å². The van der Waals surface area contributed by atoms with Gasteiger partial charge in [-0.2, -0.15) is 5.10 Å².